The van der Waals surface area contributed by atoms with E-state index < -0.39 is 29.6 Å². The number of benzene rings is 1. The molecule has 8 atom stereocenters. The number of rotatable bonds is 5. The molecule has 1 spiro atoms. The van der Waals surface area contributed by atoms with Crippen molar-refractivity contribution in [3.05, 3.63) is 40.9 Å². The normalized spacial score (nSPS) is 38.8. The Hall–Kier alpha value is -2.38. The topological polar surface area (TPSA) is 87.7 Å². The highest BCUT2D eigenvalue weighted by Crippen LogP contribution is 2.57. The van der Waals surface area contributed by atoms with E-state index in [2.05, 4.69) is 24.5 Å². The van der Waals surface area contributed by atoms with E-state index in [1.807, 2.05) is 25.1 Å². The van der Waals surface area contributed by atoms with E-state index in [0.717, 1.165) is 31.2 Å². The Morgan fingerprint density at radius 3 is 2.64 bits per heavy atom. The summed E-state index contributed by atoms with van der Waals surface area (Å²) in [7, 11) is 0. The zero-order valence-corrected chi connectivity index (χ0v) is 21.8. The van der Waals surface area contributed by atoms with E-state index in [1.54, 1.807) is 17.0 Å². The summed E-state index contributed by atoms with van der Waals surface area (Å²) in [6.07, 6.45) is 8.16. The van der Waals surface area contributed by atoms with E-state index in [0.29, 0.717) is 22.5 Å². The van der Waals surface area contributed by atoms with Crippen LogP contribution in [0, 0.1) is 30.6 Å². The first-order valence-corrected chi connectivity index (χ1v) is 13.7. The number of anilines is 1. The van der Waals surface area contributed by atoms with Crippen LogP contribution in [0.4, 0.5) is 5.69 Å². The monoisotopic (exact) mass is 511 g/mol. The molecule has 3 aliphatic heterocycles. The lowest BCUT2D eigenvalue weighted by molar-refractivity contribution is -0.142. The van der Waals surface area contributed by atoms with Crippen molar-refractivity contribution in [1.29, 1.82) is 0 Å². The molecule has 2 N–H and O–H groups in total. The molecule has 0 aromatic heterocycles. The van der Waals surface area contributed by atoms with Crippen molar-refractivity contribution in [3.63, 3.8) is 0 Å². The third-order valence-corrected chi connectivity index (χ3v) is 9.68. The first-order valence-electron chi connectivity index (χ1n) is 13.3. The highest BCUT2D eigenvalue weighted by molar-refractivity contribution is 6.31. The minimum absolute atomic E-state index is 0.0339. The van der Waals surface area contributed by atoms with E-state index in [-0.39, 0.29) is 29.8 Å². The van der Waals surface area contributed by atoms with E-state index >= 15 is 0 Å². The molecule has 192 valence electrons. The Bertz CT molecular complexity index is 1150. The van der Waals surface area contributed by atoms with Crippen LogP contribution in [-0.4, -0.2) is 52.5 Å². The second-order valence-electron chi connectivity index (χ2n) is 11.5. The lowest BCUT2D eigenvalue weighted by Crippen LogP contribution is -2.58. The Morgan fingerprint density at radius 2 is 1.92 bits per heavy atom. The average Bonchev–Trinajstić information content (AvgIpc) is 3.43. The number of ether oxygens (including phenoxy) is 1. The fourth-order valence-electron chi connectivity index (χ4n) is 6.90. The summed E-state index contributed by atoms with van der Waals surface area (Å²) in [4.78, 5) is 43.0. The second-order valence-corrected chi connectivity index (χ2v) is 11.9. The maximum absolute atomic E-state index is 13.9. The van der Waals surface area contributed by atoms with Gasteiger partial charge in [0.05, 0.1) is 17.9 Å². The highest BCUT2D eigenvalue weighted by Gasteiger charge is 2.74. The van der Waals surface area contributed by atoms with Crippen LogP contribution in [0.25, 0.3) is 0 Å². The first-order chi connectivity index (χ1) is 17.2. The largest absolute Gasteiger partial charge is 0.359 e. The van der Waals surface area contributed by atoms with Gasteiger partial charge in [-0.3, -0.25) is 14.4 Å². The van der Waals surface area contributed by atoms with Crippen LogP contribution in [0.1, 0.15) is 51.5 Å². The maximum Gasteiger partial charge on any atom is 0.246 e. The van der Waals surface area contributed by atoms with Crippen molar-refractivity contribution in [1.82, 2.24) is 10.2 Å². The number of likely N-dealkylation sites (tertiary alicyclic amines) is 1. The molecule has 2 saturated carbocycles. The van der Waals surface area contributed by atoms with E-state index in [1.165, 1.54) is 6.42 Å². The van der Waals surface area contributed by atoms with Crippen LogP contribution < -0.4 is 10.6 Å². The van der Waals surface area contributed by atoms with Gasteiger partial charge in [0.1, 0.15) is 11.6 Å². The Labute approximate surface area is 217 Å². The van der Waals surface area contributed by atoms with Crippen molar-refractivity contribution in [2.75, 3.05) is 5.32 Å². The molecule has 6 rings (SSSR count). The molecule has 36 heavy (non-hydrogen) atoms. The summed E-state index contributed by atoms with van der Waals surface area (Å²) in [5, 5.41) is 6.80. The molecule has 1 aromatic rings. The van der Waals surface area contributed by atoms with Crippen LogP contribution in [0.5, 0.6) is 0 Å². The summed E-state index contributed by atoms with van der Waals surface area (Å²) >= 11 is 6.25. The molecule has 5 aliphatic rings. The number of amides is 3. The minimum atomic E-state index is -1.11. The maximum atomic E-state index is 13.9. The highest BCUT2D eigenvalue weighted by atomic mass is 35.5. The van der Waals surface area contributed by atoms with Gasteiger partial charge in [0.2, 0.25) is 17.7 Å². The number of aryl methyl sites for hydroxylation is 1. The van der Waals surface area contributed by atoms with Crippen LogP contribution in [0.15, 0.2) is 30.4 Å². The number of nitrogens with one attached hydrogen (secondary N) is 2. The third-order valence-electron chi connectivity index (χ3n) is 9.28. The van der Waals surface area contributed by atoms with Gasteiger partial charge in [-0.1, -0.05) is 56.5 Å². The number of halogens is 1. The zero-order valence-electron chi connectivity index (χ0n) is 21.0. The summed E-state index contributed by atoms with van der Waals surface area (Å²) in [5.41, 5.74) is 0.391. The SMILES string of the molecule is Cc1ccc(NC(=O)[C@H]2[C@H]3C=C[C@@]4(O3)[C@H]2C(=O)N(C2CC2)[C@@H]4C(=O)N[C@@H]2CCC[C@H](C)[C@@H]2C)cc1Cl. The molecule has 2 bridgehead atoms. The molecule has 1 aromatic carbocycles. The van der Waals surface area contributed by atoms with Crippen LogP contribution in [0.3, 0.4) is 0 Å². The standard InChI is InChI=1S/C28H34ClN3O4/c1-14-5-4-6-20(16(14)3)31-26(34)24-28-12-11-21(36-28)22(23(28)27(35)32(24)18-9-10-18)25(33)30-17-8-7-15(2)19(29)13-17/h7-8,11-14,16,18,20-24H,4-6,9-10H2,1-3H3,(H,30,33)(H,31,34)/t14-,16-,20+,21+,22-,23+,24+,28+/m0/s1. The zero-order chi connectivity index (χ0) is 25.4. The van der Waals surface area contributed by atoms with Crippen molar-refractivity contribution in [2.45, 2.75) is 82.7 Å². The smallest absolute Gasteiger partial charge is 0.246 e. The van der Waals surface area contributed by atoms with Crippen LogP contribution in [0.2, 0.25) is 5.02 Å². The summed E-state index contributed by atoms with van der Waals surface area (Å²) in [5.74, 6) is -1.07. The molecule has 7 nitrogen and oxygen atoms in total. The van der Waals surface area contributed by atoms with Gasteiger partial charge in [0.15, 0.2) is 0 Å². The van der Waals surface area contributed by atoms with Gasteiger partial charge in [-0.2, -0.15) is 0 Å². The molecule has 4 fully saturated rings. The lowest BCUT2D eigenvalue weighted by atomic mass is 9.73. The minimum Gasteiger partial charge on any atom is -0.359 e. The van der Waals surface area contributed by atoms with E-state index in [9.17, 15) is 14.4 Å². The quantitative estimate of drug-likeness (QED) is 0.588. The first kappa shape index (κ1) is 24.0. The number of fused-ring (bicyclic) bond motifs is 1. The van der Waals surface area contributed by atoms with Gasteiger partial charge in [-0.25, -0.2) is 0 Å². The molecule has 0 unspecified atom stereocenters. The lowest BCUT2D eigenvalue weighted by Gasteiger charge is -2.38. The van der Waals surface area contributed by atoms with Gasteiger partial charge >= 0.3 is 0 Å². The molecule has 3 heterocycles. The van der Waals surface area contributed by atoms with Gasteiger partial charge in [0.25, 0.3) is 0 Å². The fraction of sp³-hybridized carbons (Fsp3) is 0.607. The van der Waals surface area contributed by atoms with Gasteiger partial charge in [-0.05, 0) is 55.7 Å². The predicted molar refractivity (Wildman–Crippen MR) is 136 cm³/mol. The molecular weight excluding hydrogens is 478 g/mol. The molecule has 3 amide bonds. The molecule has 0 radical (unpaired) electrons. The number of carbonyl (C=O) groups excluding carboxylic acids is 3. The number of nitrogens with zero attached hydrogens (tertiary/aromatic N) is 1. The Morgan fingerprint density at radius 1 is 1.14 bits per heavy atom. The summed E-state index contributed by atoms with van der Waals surface area (Å²) < 4.78 is 6.43. The van der Waals surface area contributed by atoms with Crippen LogP contribution in [-0.2, 0) is 19.1 Å². The van der Waals surface area contributed by atoms with Crippen LogP contribution >= 0.6 is 11.6 Å². The molecule has 2 aliphatic carbocycles. The third kappa shape index (κ3) is 3.61. The molecule has 8 heteroatoms. The van der Waals surface area contributed by atoms with Gasteiger partial charge in [0, 0.05) is 22.8 Å². The van der Waals surface area contributed by atoms with Crippen molar-refractivity contribution < 1.29 is 19.1 Å². The van der Waals surface area contributed by atoms with Crippen molar-refractivity contribution >= 4 is 35.0 Å². The Balaban J connectivity index is 1.28. The number of carbonyl (C=O) groups is 3. The number of hydrogen-bond donors (Lipinski definition) is 2. The fourth-order valence-corrected chi connectivity index (χ4v) is 7.08. The Kier molecular flexibility index (Phi) is 5.72. The van der Waals surface area contributed by atoms with Gasteiger partial charge in [-0.15, -0.1) is 0 Å². The molecular formula is C28H34ClN3O4. The second kappa shape index (κ2) is 8.59. The number of hydrogen-bond acceptors (Lipinski definition) is 4. The van der Waals surface area contributed by atoms with Crippen molar-refractivity contribution in [2.24, 2.45) is 23.7 Å². The van der Waals surface area contributed by atoms with Crippen molar-refractivity contribution in [3.8, 4) is 0 Å². The van der Waals surface area contributed by atoms with Gasteiger partial charge < -0.3 is 20.3 Å². The average molecular weight is 512 g/mol. The molecule has 2 saturated heterocycles. The van der Waals surface area contributed by atoms with E-state index in [4.69, 9.17) is 16.3 Å². The summed E-state index contributed by atoms with van der Waals surface area (Å²) in [6.45, 7) is 6.33. The summed E-state index contributed by atoms with van der Waals surface area (Å²) in [6, 6.07) is 4.73. The predicted octanol–water partition coefficient (Wildman–Crippen LogP) is 3.84.